The average Bonchev–Trinajstić information content (AvgIpc) is 3.33. The zero-order valence-electron chi connectivity index (χ0n) is 16.2. The van der Waals surface area contributed by atoms with Gasteiger partial charge in [-0.1, -0.05) is 12.1 Å². The van der Waals surface area contributed by atoms with Crippen LogP contribution < -0.4 is 10.6 Å². The summed E-state index contributed by atoms with van der Waals surface area (Å²) in [5.41, 5.74) is 0.957. The lowest BCUT2D eigenvalue weighted by Gasteiger charge is -2.36. The second-order valence-corrected chi connectivity index (χ2v) is 6.91. The van der Waals surface area contributed by atoms with Crippen LogP contribution in [0.4, 0.5) is 0 Å². The van der Waals surface area contributed by atoms with Gasteiger partial charge in [0.05, 0.1) is 12.2 Å². The quantitative estimate of drug-likeness (QED) is 0.340. The molecular formula is C18H31IN6O2. The van der Waals surface area contributed by atoms with E-state index in [1.165, 1.54) is 0 Å². The highest BCUT2D eigenvalue weighted by molar-refractivity contribution is 14.0. The Morgan fingerprint density at radius 1 is 1.30 bits per heavy atom. The molecule has 1 saturated heterocycles. The van der Waals surface area contributed by atoms with E-state index in [4.69, 9.17) is 4.52 Å². The van der Waals surface area contributed by atoms with E-state index in [1.807, 2.05) is 6.07 Å². The van der Waals surface area contributed by atoms with Crippen molar-refractivity contribution in [1.29, 1.82) is 0 Å². The number of guanidine groups is 1. The van der Waals surface area contributed by atoms with Crippen molar-refractivity contribution in [2.45, 2.75) is 45.7 Å². The SMILES string of the molecule is CCNC(=NCc1cc(CC)no1)N1CCN(CC(=O)NC2CC2)CC1.I. The van der Waals surface area contributed by atoms with Crippen molar-refractivity contribution in [2.24, 2.45) is 4.99 Å². The van der Waals surface area contributed by atoms with Crippen molar-refractivity contribution >= 4 is 35.8 Å². The van der Waals surface area contributed by atoms with Crippen molar-refractivity contribution in [3.63, 3.8) is 0 Å². The molecule has 0 bridgehead atoms. The van der Waals surface area contributed by atoms with E-state index >= 15 is 0 Å². The van der Waals surface area contributed by atoms with Crippen molar-refractivity contribution in [3.05, 3.63) is 17.5 Å². The van der Waals surface area contributed by atoms with Crippen LogP contribution in [0.1, 0.15) is 38.1 Å². The fourth-order valence-electron chi connectivity index (χ4n) is 3.00. The molecular weight excluding hydrogens is 459 g/mol. The molecule has 2 fully saturated rings. The molecule has 1 saturated carbocycles. The Bertz CT molecular complexity index is 623. The van der Waals surface area contributed by atoms with Crippen molar-refractivity contribution in [2.75, 3.05) is 39.3 Å². The Kier molecular flexibility index (Phi) is 8.81. The molecule has 3 rings (SSSR count). The van der Waals surface area contributed by atoms with Gasteiger partial charge in [-0.15, -0.1) is 24.0 Å². The zero-order chi connectivity index (χ0) is 18.4. The first-order chi connectivity index (χ1) is 12.7. The third-order valence-corrected chi connectivity index (χ3v) is 4.67. The molecule has 1 aliphatic carbocycles. The van der Waals surface area contributed by atoms with Crippen LogP contribution in [0.5, 0.6) is 0 Å². The predicted octanol–water partition coefficient (Wildman–Crippen LogP) is 1.22. The smallest absolute Gasteiger partial charge is 0.234 e. The van der Waals surface area contributed by atoms with E-state index in [-0.39, 0.29) is 29.9 Å². The standard InChI is InChI=1S/C18H30N6O2.HI/c1-3-14-11-16(26-22-14)12-20-18(19-4-2)24-9-7-23(8-10-24)13-17(25)21-15-5-6-15;/h11,15H,3-10,12-13H2,1-2H3,(H,19,20)(H,21,25);1H. The second kappa shape index (κ2) is 10.8. The molecule has 8 nitrogen and oxygen atoms in total. The number of nitrogens with zero attached hydrogens (tertiary/aromatic N) is 4. The van der Waals surface area contributed by atoms with Crippen molar-refractivity contribution < 1.29 is 9.32 Å². The second-order valence-electron chi connectivity index (χ2n) is 6.91. The third kappa shape index (κ3) is 6.95. The molecule has 1 aromatic heterocycles. The molecule has 2 heterocycles. The van der Waals surface area contributed by atoms with Gasteiger partial charge < -0.3 is 20.1 Å². The Balaban J connectivity index is 0.00000261. The molecule has 2 N–H and O–H groups in total. The Labute approximate surface area is 178 Å². The minimum absolute atomic E-state index is 0. The van der Waals surface area contributed by atoms with E-state index in [0.29, 0.717) is 19.1 Å². The van der Waals surface area contributed by atoms with Gasteiger partial charge in [0.15, 0.2) is 11.7 Å². The number of aliphatic imine (C=N–C) groups is 1. The lowest BCUT2D eigenvalue weighted by molar-refractivity contribution is -0.122. The zero-order valence-corrected chi connectivity index (χ0v) is 18.6. The molecule has 0 unspecified atom stereocenters. The topological polar surface area (TPSA) is 86.0 Å². The van der Waals surface area contributed by atoms with Gasteiger partial charge in [-0.2, -0.15) is 0 Å². The van der Waals surface area contributed by atoms with E-state index in [0.717, 1.165) is 69.4 Å². The van der Waals surface area contributed by atoms with Gasteiger partial charge in [-0.05, 0) is 26.2 Å². The maximum atomic E-state index is 11.9. The Morgan fingerprint density at radius 2 is 2.04 bits per heavy atom. The Hall–Kier alpha value is -1.36. The normalized spacial score (nSPS) is 18.1. The van der Waals surface area contributed by atoms with Crippen LogP contribution in [-0.2, 0) is 17.8 Å². The van der Waals surface area contributed by atoms with Crippen LogP contribution >= 0.6 is 24.0 Å². The lowest BCUT2D eigenvalue weighted by Crippen LogP contribution is -2.54. The molecule has 27 heavy (non-hydrogen) atoms. The number of hydrogen-bond acceptors (Lipinski definition) is 5. The van der Waals surface area contributed by atoms with Gasteiger partial charge in [0.1, 0.15) is 6.54 Å². The maximum Gasteiger partial charge on any atom is 0.234 e. The van der Waals surface area contributed by atoms with Gasteiger partial charge in [0.25, 0.3) is 0 Å². The van der Waals surface area contributed by atoms with Crippen molar-refractivity contribution in [3.8, 4) is 0 Å². The molecule has 1 aliphatic heterocycles. The highest BCUT2D eigenvalue weighted by Crippen LogP contribution is 2.18. The first-order valence-corrected chi connectivity index (χ1v) is 9.67. The summed E-state index contributed by atoms with van der Waals surface area (Å²) in [4.78, 5) is 21.1. The van der Waals surface area contributed by atoms with Crippen molar-refractivity contribution in [1.82, 2.24) is 25.6 Å². The number of rotatable bonds is 7. The number of amides is 1. The average molecular weight is 490 g/mol. The molecule has 152 valence electrons. The van der Waals surface area contributed by atoms with Gasteiger partial charge >= 0.3 is 0 Å². The molecule has 0 aromatic carbocycles. The number of halogens is 1. The first-order valence-electron chi connectivity index (χ1n) is 9.67. The van der Waals surface area contributed by atoms with Gasteiger partial charge in [-0.25, -0.2) is 4.99 Å². The number of aromatic nitrogens is 1. The van der Waals surface area contributed by atoms with Crippen LogP contribution in [0.3, 0.4) is 0 Å². The summed E-state index contributed by atoms with van der Waals surface area (Å²) >= 11 is 0. The fraction of sp³-hybridized carbons (Fsp3) is 0.722. The summed E-state index contributed by atoms with van der Waals surface area (Å²) in [6.07, 6.45) is 3.13. The Morgan fingerprint density at radius 3 is 2.63 bits per heavy atom. The summed E-state index contributed by atoms with van der Waals surface area (Å²) in [5, 5.41) is 10.4. The van der Waals surface area contributed by atoms with Crippen LogP contribution in [0.2, 0.25) is 0 Å². The van der Waals surface area contributed by atoms with Gasteiger partial charge in [0.2, 0.25) is 5.91 Å². The van der Waals surface area contributed by atoms with Crippen LogP contribution in [0, 0.1) is 0 Å². The van der Waals surface area contributed by atoms with Crippen LogP contribution in [0.15, 0.2) is 15.6 Å². The fourth-order valence-corrected chi connectivity index (χ4v) is 3.00. The summed E-state index contributed by atoms with van der Waals surface area (Å²) in [6.45, 7) is 9.37. The minimum Gasteiger partial charge on any atom is -0.359 e. The molecule has 9 heteroatoms. The third-order valence-electron chi connectivity index (χ3n) is 4.67. The number of hydrogen-bond donors (Lipinski definition) is 2. The largest absolute Gasteiger partial charge is 0.359 e. The summed E-state index contributed by atoms with van der Waals surface area (Å²) in [6, 6.07) is 2.39. The molecule has 2 aliphatic rings. The maximum absolute atomic E-state index is 11.9. The molecule has 0 spiro atoms. The predicted molar refractivity (Wildman–Crippen MR) is 115 cm³/mol. The molecule has 1 amide bonds. The summed E-state index contributed by atoms with van der Waals surface area (Å²) < 4.78 is 5.31. The summed E-state index contributed by atoms with van der Waals surface area (Å²) in [7, 11) is 0. The number of piperazine rings is 1. The number of nitrogens with one attached hydrogen (secondary N) is 2. The number of aryl methyl sites for hydroxylation is 1. The van der Waals surface area contributed by atoms with E-state index in [1.54, 1.807) is 0 Å². The molecule has 1 aromatic rings. The highest BCUT2D eigenvalue weighted by atomic mass is 127. The van der Waals surface area contributed by atoms with Crippen LogP contribution in [0.25, 0.3) is 0 Å². The number of carbonyl (C=O) groups excluding carboxylic acids is 1. The molecule has 0 atom stereocenters. The molecule has 0 radical (unpaired) electrons. The van der Waals surface area contributed by atoms with E-state index < -0.39 is 0 Å². The van der Waals surface area contributed by atoms with Gasteiger partial charge in [-0.3, -0.25) is 9.69 Å². The lowest BCUT2D eigenvalue weighted by atomic mass is 10.3. The van der Waals surface area contributed by atoms with Gasteiger partial charge in [0, 0.05) is 44.8 Å². The van der Waals surface area contributed by atoms with E-state index in [2.05, 4.69) is 44.4 Å². The monoisotopic (exact) mass is 490 g/mol. The number of carbonyl (C=O) groups is 1. The minimum atomic E-state index is 0. The highest BCUT2D eigenvalue weighted by Gasteiger charge is 2.25. The summed E-state index contributed by atoms with van der Waals surface area (Å²) in [5.74, 6) is 1.83. The van der Waals surface area contributed by atoms with E-state index in [9.17, 15) is 4.79 Å². The first kappa shape index (κ1) is 21.9. The van der Waals surface area contributed by atoms with Crippen LogP contribution in [-0.4, -0.2) is 72.1 Å².